The molecule has 0 spiro atoms. The van der Waals surface area contributed by atoms with Crippen molar-refractivity contribution in [2.45, 2.75) is 13.8 Å². The van der Waals surface area contributed by atoms with Gasteiger partial charge in [0.05, 0.1) is 12.3 Å². The standard InChI is InChI=1S/C17H16ClN3O2/c1-3-23-14-8-5-9-21-15(11(2)19-16(14)21)17(22)20-13-7-4-6-12(18)10-13/h4-10H,3H2,1-2H3,(H,20,22). The number of ether oxygens (including phenoxy) is 1. The lowest BCUT2D eigenvalue weighted by molar-refractivity contribution is 0.102. The van der Waals surface area contributed by atoms with Crippen LogP contribution in [0, 0.1) is 6.92 Å². The second kappa shape index (κ2) is 6.30. The van der Waals surface area contributed by atoms with Crippen molar-refractivity contribution in [3.63, 3.8) is 0 Å². The molecule has 0 aliphatic heterocycles. The van der Waals surface area contributed by atoms with Crippen LogP contribution in [-0.2, 0) is 0 Å². The summed E-state index contributed by atoms with van der Waals surface area (Å²) in [6, 6.07) is 10.7. The van der Waals surface area contributed by atoms with Crippen molar-refractivity contribution in [3.05, 3.63) is 59.0 Å². The third-order valence-corrected chi connectivity index (χ3v) is 3.62. The van der Waals surface area contributed by atoms with Crippen molar-refractivity contribution in [2.24, 2.45) is 0 Å². The van der Waals surface area contributed by atoms with Crippen molar-refractivity contribution in [1.82, 2.24) is 9.38 Å². The Bertz CT molecular complexity index is 873. The Labute approximate surface area is 138 Å². The molecule has 1 amide bonds. The van der Waals surface area contributed by atoms with E-state index in [2.05, 4.69) is 10.3 Å². The molecule has 0 saturated heterocycles. The van der Waals surface area contributed by atoms with Gasteiger partial charge in [-0.3, -0.25) is 9.20 Å². The molecule has 1 aromatic carbocycles. The van der Waals surface area contributed by atoms with E-state index in [0.717, 1.165) is 0 Å². The van der Waals surface area contributed by atoms with E-state index in [1.165, 1.54) is 0 Å². The number of anilines is 1. The number of aromatic nitrogens is 2. The summed E-state index contributed by atoms with van der Waals surface area (Å²) in [6.45, 7) is 4.25. The van der Waals surface area contributed by atoms with Gasteiger partial charge in [-0.1, -0.05) is 17.7 Å². The Balaban J connectivity index is 2.00. The van der Waals surface area contributed by atoms with Crippen molar-refractivity contribution in [1.29, 1.82) is 0 Å². The lowest BCUT2D eigenvalue weighted by atomic mass is 10.3. The lowest BCUT2D eigenvalue weighted by Gasteiger charge is -2.08. The van der Waals surface area contributed by atoms with Crippen LogP contribution in [-0.4, -0.2) is 21.9 Å². The minimum Gasteiger partial charge on any atom is -0.490 e. The topological polar surface area (TPSA) is 55.6 Å². The van der Waals surface area contributed by atoms with E-state index in [9.17, 15) is 4.79 Å². The summed E-state index contributed by atoms with van der Waals surface area (Å²) in [5, 5.41) is 3.41. The van der Waals surface area contributed by atoms with Gasteiger partial charge in [0.15, 0.2) is 11.4 Å². The van der Waals surface area contributed by atoms with Crippen molar-refractivity contribution in [2.75, 3.05) is 11.9 Å². The van der Waals surface area contributed by atoms with Gasteiger partial charge in [-0.15, -0.1) is 0 Å². The molecule has 2 aromatic heterocycles. The molecule has 5 nitrogen and oxygen atoms in total. The van der Waals surface area contributed by atoms with Crippen LogP contribution in [0.1, 0.15) is 23.1 Å². The molecule has 0 bridgehead atoms. The number of halogens is 1. The van der Waals surface area contributed by atoms with Gasteiger partial charge in [0.2, 0.25) is 0 Å². The molecule has 118 valence electrons. The van der Waals surface area contributed by atoms with Gasteiger partial charge < -0.3 is 10.1 Å². The van der Waals surface area contributed by atoms with Crippen LogP contribution in [0.4, 0.5) is 5.69 Å². The fourth-order valence-electron chi connectivity index (χ4n) is 2.45. The molecule has 1 N–H and O–H groups in total. The minimum absolute atomic E-state index is 0.245. The first-order chi connectivity index (χ1) is 11.1. The number of aryl methyl sites for hydroxylation is 1. The largest absolute Gasteiger partial charge is 0.490 e. The summed E-state index contributed by atoms with van der Waals surface area (Å²) in [6.07, 6.45) is 1.80. The molecule has 2 heterocycles. The number of carbonyl (C=O) groups excluding carboxylic acids is 1. The normalized spacial score (nSPS) is 10.7. The first kappa shape index (κ1) is 15.4. The van der Waals surface area contributed by atoms with Crippen molar-refractivity contribution in [3.8, 4) is 5.75 Å². The van der Waals surface area contributed by atoms with E-state index in [1.54, 1.807) is 41.8 Å². The minimum atomic E-state index is -0.245. The van der Waals surface area contributed by atoms with Crippen LogP contribution in [0.25, 0.3) is 5.65 Å². The number of imidazole rings is 1. The van der Waals surface area contributed by atoms with Gasteiger partial charge in [0, 0.05) is 16.9 Å². The summed E-state index contributed by atoms with van der Waals surface area (Å²) >= 11 is 5.95. The van der Waals surface area contributed by atoms with Gasteiger partial charge in [-0.2, -0.15) is 0 Å². The van der Waals surface area contributed by atoms with E-state index in [1.807, 2.05) is 19.1 Å². The van der Waals surface area contributed by atoms with Gasteiger partial charge in [-0.25, -0.2) is 4.98 Å². The van der Waals surface area contributed by atoms with Crippen LogP contribution in [0.3, 0.4) is 0 Å². The average Bonchev–Trinajstić information content (AvgIpc) is 2.84. The average molecular weight is 330 g/mol. The Kier molecular flexibility index (Phi) is 4.21. The molecule has 3 aromatic rings. The zero-order valence-electron chi connectivity index (χ0n) is 12.8. The summed E-state index contributed by atoms with van der Waals surface area (Å²) in [7, 11) is 0. The maximum absolute atomic E-state index is 12.6. The van der Waals surface area contributed by atoms with Crippen molar-refractivity contribution >= 4 is 28.8 Å². The quantitative estimate of drug-likeness (QED) is 0.788. The fraction of sp³-hybridized carbons (Fsp3) is 0.176. The first-order valence-electron chi connectivity index (χ1n) is 7.27. The maximum Gasteiger partial charge on any atom is 0.274 e. The molecule has 0 aliphatic carbocycles. The summed E-state index contributed by atoms with van der Waals surface area (Å²) in [5.74, 6) is 0.408. The number of nitrogens with one attached hydrogen (secondary N) is 1. The predicted octanol–water partition coefficient (Wildman–Crippen LogP) is 3.95. The molecule has 0 unspecified atom stereocenters. The number of carbonyl (C=O) groups is 1. The van der Waals surface area contributed by atoms with E-state index in [0.29, 0.717) is 40.1 Å². The highest BCUT2D eigenvalue weighted by molar-refractivity contribution is 6.30. The summed E-state index contributed by atoms with van der Waals surface area (Å²) in [5.41, 5.74) is 2.37. The van der Waals surface area contributed by atoms with Gasteiger partial charge >= 0.3 is 0 Å². The molecule has 6 heteroatoms. The highest BCUT2D eigenvalue weighted by atomic mass is 35.5. The highest BCUT2D eigenvalue weighted by Gasteiger charge is 2.18. The molecule has 0 radical (unpaired) electrons. The zero-order valence-corrected chi connectivity index (χ0v) is 13.6. The van der Waals surface area contributed by atoms with Crippen molar-refractivity contribution < 1.29 is 9.53 Å². The summed E-state index contributed by atoms with van der Waals surface area (Å²) in [4.78, 5) is 17.1. The van der Waals surface area contributed by atoms with Gasteiger partial charge in [0.1, 0.15) is 5.69 Å². The zero-order chi connectivity index (χ0) is 16.4. The van der Waals surface area contributed by atoms with Gasteiger partial charge in [0.25, 0.3) is 5.91 Å². The molecule has 3 rings (SSSR count). The number of hydrogen-bond donors (Lipinski definition) is 1. The monoisotopic (exact) mass is 329 g/mol. The van der Waals surface area contributed by atoms with Crippen LogP contribution in [0.15, 0.2) is 42.6 Å². The fourth-order valence-corrected chi connectivity index (χ4v) is 2.64. The molecule has 23 heavy (non-hydrogen) atoms. The number of rotatable bonds is 4. The third kappa shape index (κ3) is 3.00. The Morgan fingerprint density at radius 3 is 2.91 bits per heavy atom. The predicted molar refractivity (Wildman–Crippen MR) is 90.5 cm³/mol. The van der Waals surface area contributed by atoms with E-state index < -0.39 is 0 Å². The molecule has 0 saturated carbocycles. The smallest absolute Gasteiger partial charge is 0.274 e. The second-order valence-corrected chi connectivity index (χ2v) is 5.45. The van der Waals surface area contributed by atoms with E-state index in [-0.39, 0.29) is 5.91 Å². The number of hydrogen-bond acceptors (Lipinski definition) is 3. The van der Waals surface area contributed by atoms with Crippen LogP contribution < -0.4 is 10.1 Å². The summed E-state index contributed by atoms with van der Waals surface area (Å²) < 4.78 is 7.31. The molecule has 0 fully saturated rings. The Hall–Kier alpha value is -2.53. The molecular weight excluding hydrogens is 314 g/mol. The van der Waals surface area contributed by atoms with E-state index in [4.69, 9.17) is 16.3 Å². The number of pyridine rings is 1. The highest BCUT2D eigenvalue weighted by Crippen LogP contribution is 2.23. The Morgan fingerprint density at radius 2 is 2.17 bits per heavy atom. The Morgan fingerprint density at radius 1 is 1.35 bits per heavy atom. The lowest BCUT2D eigenvalue weighted by Crippen LogP contribution is -2.15. The van der Waals surface area contributed by atoms with Crippen LogP contribution >= 0.6 is 11.6 Å². The number of amides is 1. The SMILES string of the molecule is CCOc1cccn2c(C(=O)Nc3cccc(Cl)c3)c(C)nc12. The molecule has 0 aliphatic rings. The molecular formula is C17H16ClN3O2. The number of benzene rings is 1. The maximum atomic E-state index is 12.6. The van der Waals surface area contributed by atoms with Gasteiger partial charge in [-0.05, 0) is 44.2 Å². The number of fused-ring (bicyclic) bond motifs is 1. The third-order valence-electron chi connectivity index (χ3n) is 3.39. The number of nitrogens with zero attached hydrogens (tertiary/aromatic N) is 2. The second-order valence-electron chi connectivity index (χ2n) is 5.01. The van der Waals surface area contributed by atoms with Crippen LogP contribution in [0.5, 0.6) is 5.75 Å². The van der Waals surface area contributed by atoms with Crippen LogP contribution in [0.2, 0.25) is 5.02 Å². The molecule has 0 atom stereocenters. The van der Waals surface area contributed by atoms with E-state index >= 15 is 0 Å². The first-order valence-corrected chi connectivity index (χ1v) is 7.65.